The van der Waals surface area contributed by atoms with Crippen LogP contribution >= 0.6 is 23.2 Å². The van der Waals surface area contributed by atoms with Gasteiger partial charge in [-0.15, -0.1) is 0 Å². The van der Waals surface area contributed by atoms with E-state index in [9.17, 15) is 4.79 Å². The predicted octanol–water partition coefficient (Wildman–Crippen LogP) is 2.60. The van der Waals surface area contributed by atoms with Gasteiger partial charge in [-0.25, -0.2) is 0 Å². The molecule has 0 atom stereocenters. The molecule has 5 heteroatoms. The Hall–Kier alpha value is -0.930. The molecule has 0 saturated carbocycles. The van der Waals surface area contributed by atoms with Gasteiger partial charge < -0.3 is 10.6 Å². The minimum atomic E-state index is 0.407. The monoisotopic (exact) mass is 218 g/mol. The number of rotatable bonds is 3. The van der Waals surface area contributed by atoms with Crippen LogP contribution in [0.4, 0.5) is 11.4 Å². The number of halogens is 2. The highest BCUT2D eigenvalue weighted by atomic mass is 35.5. The Balaban J connectivity index is 3.15. The Bertz CT molecular complexity index is 328. The van der Waals surface area contributed by atoms with Crippen LogP contribution in [0.25, 0.3) is 0 Å². The molecule has 1 rings (SSSR count). The molecule has 0 bridgehead atoms. The molecule has 0 unspecified atom stereocenters. The number of hydrogen-bond donors (Lipinski definition) is 2. The summed E-state index contributed by atoms with van der Waals surface area (Å²) in [6.45, 7) is 0. The third-order valence-corrected chi connectivity index (χ3v) is 2.27. The van der Waals surface area contributed by atoms with Gasteiger partial charge in [0.05, 0.1) is 21.4 Å². The van der Waals surface area contributed by atoms with Gasteiger partial charge in [0.2, 0.25) is 6.41 Å². The summed E-state index contributed by atoms with van der Waals surface area (Å²) in [6.07, 6.45) is 0.584. The summed E-state index contributed by atoms with van der Waals surface area (Å²) in [5.41, 5.74) is 1.33. The molecule has 70 valence electrons. The van der Waals surface area contributed by atoms with Crippen molar-refractivity contribution in [2.75, 3.05) is 17.7 Å². The van der Waals surface area contributed by atoms with E-state index in [1.54, 1.807) is 19.2 Å². The van der Waals surface area contributed by atoms with Gasteiger partial charge in [0.25, 0.3) is 0 Å². The highest BCUT2D eigenvalue weighted by Crippen LogP contribution is 2.31. The lowest BCUT2D eigenvalue weighted by atomic mass is 10.2. The van der Waals surface area contributed by atoms with Crippen molar-refractivity contribution in [3.8, 4) is 0 Å². The number of carbonyl (C=O) groups excluding carboxylic acids is 1. The second-order valence-corrected chi connectivity index (χ2v) is 3.14. The summed E-state index contributed by atoms with van der Waals surface area (Å²) >= 11 is 11.5. The molecule has 0 spiro atoms. The Morgan fingerprint density at radius 1 is 1.23 bits per heavy atom. The molecule has 3 nitrogen and oxygen atoms in total. The topological polar surface area (TPSA) is 41.1 Å². The largest absolute Gasteiger partial charge is 0.386 e. The first-order valence-corrected chi connectivity index (χ1v) is 4.31. The van der Waals surface area contributed by atoms with E-state index in [-0.39, 0.29) is 0 Å². The standard InChI is InChI=1S/C8H8Cl2N2O/c1-11-7-2-5(9)6(10)3-8(7)12-4-13/h2-4,11H,1H3,(H,12,13). The van der Waals surface area contributed by atoms with Crippen molar-refractivity contribution in [2.45, 2.75) is 0 Å². The van der Waals surface area contributed by atoms with E-state index >= 15 is 0 Å². The Kier molecular flexibility index (Phi) is 3.39. The van der Waals surface area contributed by atoms with Gasteiger partial charge in [0.15, 0.2) is 0 Å². The molecule has 0 aromatic heterocycles. The van der Waals surface area contributed by atoms with Crippen molar-refractivity contribution < 1.29 is 4.79 Å². The molecule has 0 aliphatic heterocycles. The molecule has 1 aromatic carbocycles. The number of nitrogens with one attached hydrogen (secondary N) is 2. The fourth-order valence-electron chi connectivity index (χ4n) is 0.937. The van der Waals surface area contributed by atoms with E-state index in [2.05, 4.69) is 10.6 Å². The number of anilines is 2. The van der Waals surface area contributed by atoms with Crippen LogP contribution in [0.1, 0.15) is 0 Å². The van der Waals surface area contributed by atoms with Crippen LogP contribution in [0.15, 0.2) is 12.1 Å². The molecule has 1 aromatic rings. The molecule has 0 saturated heterocycles. The molecule has 0 heterocycles. The van der Waals surface area contributed by atoms with Gasteiger partial charge in [-0.2, -0.15) is 0 Å². The molecule has 0 aliphatic rings. The SMILES string of the molecule is CNc1cc(Cl)c(Cl)cc1NC=O. The normalized spacial score (nSPS) is 9.46. The first-order chi connectivity index (χ1) is 6.19. The highest BCUT2D eigenvalue weighted by Gasteiger charge is 2.05. The quantitative estimate of drug-likeness (QED) is 0.767. The molecule has 13 heavy (non-hydrogen) atoms. The summed E-state index contributed by atoms with van der Waals surface area (Å²) in [4.78, 5) is 10.2. The Morgan fingerprint density at radius 3 is 2.23 bits per heavy atom. The van der Waals surface area contributed by atoms with Gasteiger partial charge >= 0.3 is 0 Å². The predicted molar refractivity (Wildman–Crippen MR) is 55.7 cm³/mol. The van der Waals surface area contributed by atoms with E-state index in [1.807, 2.05) is 0 Å². The van der Waals surface area contributed by atoms with E-state index in [1.165, 1.54) is 0 Å². The maximum atomic E-state index is 10.2. The van der Waals surface area contributed by atoms with Crippen LogP contribution in [0, 0.1) is 0 Å². The summed E-state index contributed by atoms with van der Waals surface area (Å²) in [6, 6.07) is 3.24. The third kappa shape index (κ3) is 2.26. The van der Waals surface area contributed by atoms with Crippen molar-refractivity contribution in [2.24, 2.45) is 0 Å². The average Bonchev–Trinajstić information content (AvgIpc) is 2.11. The van der Waals surface area contributed by atoms with Gasteiger partial charge in [-0.05, 0) is 12.1 Å². The van der Waals surface area contributed by atoms with Crippen molar-refractivity contribution in [3.63, 3.8) is 0 Å². The van der Waals surface area contributed by atoms with Crippen molar-refractivity contribution in [3.05, 3.63) is 22.2 Å². The van der Waals surface area contributed by atoms with Crippen LogP contribution in [-0.2, 0) is 4.79 Å². The Labute approximate surface area is 86.0 Å². The van der Waals surface area contributed by atoms with Crippen molar-refractivity contribution >= 4 is 41.0 Å². The van der Waals surface area contributed by atoms with Gasteiger partial charge in [0.1, 0.15) is 0 Å². The molecule has 2 N–H and O–H groups in total. The number of hydrogen-bond acceptors (Lipinski definition) is 2. The first kappa shape index (κ1) is 10.2. The number of benzene rings is 1. The molecule has 1 amide bonds. The van der Waals surface area contributed by atoms with Gasteiger partial charge in [-0.3, -0.25) is 4.79 Å². The zero-order valence-corrected chi connectivity index (χ0v) is 8.41. The minimum Gasteiger partial charge on any atom is -0.386 e. The van der Waals surface area contributed by atoms with Crippen LogP contribution < -0.4 is 10.6 Å². The zero-order chi connectivity index (χ0) is 9.84. The van der Waals surface area contributed by atoms with Crippen molar-refractivity contribution in [1.29, 1.82) is 0 Å². The van der Waals surface area contributed by atoms with E-state index < -0.39 is 0 Å². The molecule has 0 aliphatic carbocycles. The van der Waals surface area contributed by atoms with Gasteiger partial charge in [-0.1, -0.05) is 23.2 Å². The highest BCUT2D eigenvalue weighted by molar-refractivity contribution is 6.42. The van der Waals surface area contributed by atoms with Crippen molar-refractivity contribution in [1.82, 2.24) is 0 Å². The zero-order valence-electron chi connectivity index (χ0n) is 6.90. The van der Waals surface area contributed by atoms with Gasteiger partial charge in [0, 0.05) is 7.05 Å². The average molecular weight is 219 g/mol. The molecule has 0 fully saturated rings. The third-order valence-electron chi connectivity index (χ3n) is 1.54. The fourth-order valence-corrected chi connectivity index (χ4v) is 1.26. The lowest BCUT2D eigenvalue weighted by Gasteiger charge is -2.08. The van der Waals surface area contributed by atoms with Crippen LogP contribution in [0.5, 0.6) is 0 Å². The summed E-state index contributed by atoms with van der Waals surface area (Å²) in [5, 5.41) is 6.25. The fraction of sp³-hybridized carbons (Fsp3) is 0.125. The number of amides is 1. The summed E-state index contributed by atoms with van der Waals surface area (Å²) in [5.74, 6) is 0. The maximum Gasteiger partial charge on any atom is 0.211 e. The lowest BCUT2D eigenvalue weighted by molar-refractivity contribution is -0.105. The van der Waals surface area contributed by atoms with E-state index in [4.69, 9.17) is 23.2 Å². The Morgan fingerprint density at radius 2 is 1.77 bits per heavy atom. The van der Waals surface area contributed by atoms with Crippen LogP contribution in [-0.4, -0.2) is 13.5 Å². The van der Waals surface area contributed by atoms with E-state index in [0.717, 1.165) is 5.69 Å². The smallest absolute Gasteiger partial charge is 0.211 e. The van der Waals surface area contributed by atoms with Crippen LogP contribution in [0.2, 0.25) is 10.0 Å². The number of carbonyl (C=O) groups is 1. The summed E-state index contributed by atoms with van der Waals surface area (Å²) < 4.78 is 0. The second kappa shape index (κ2) is 4.35. The lowest BCUT2D eigenvalue weighted by Crippen LogP contribution is -1.99. The molecular formula is C8H8Cl2N2O. The summed E-state index contributed by atoms with van der Waals surface area (Å²) in [7, 11) is 1.73. The molecule has 0 radical (unpaired) electrons. The van der Waals surface area contributed by atoms with E-state index in [0.29, 0.717) is 22.1 Å². The second-order valence-electron chi connectivity index (χ2n) is 2.32. The van der Waals surface area contributed by atoms with Crippen LogP contribution in [0.3, 0.4) is 0 Å². The molecular weight excluding hydrogens is 211 g/mol. The minimum absolute atomic E-state index is 0.407. The maximum absolute atomic E-state index is 10.2. The first-order valence-electron chi connectivity index (χ1n) is 3.56.